The molecular weight excluding hydrogens is 268 g/mol. The smallest absolute Gasteiger partial charge is 0.119 e. The van der Waals surface area contributed by atoms with Crippen LogP contribution >= 0.6 is 12.2 Å². The lowest BCUT2D eigenvalue weighted by Gasteiger charge is -2.21. The molecule has 1 saturated carbocycles. The van der Waals surface area contributed by atoms with Crippen molar-refractivity contribution < 1.29 is 4.74 Å². The highest BCUT2D eigenvalue weighted by Gasteiger charge is 2.27. The van der Waals surface area contributed by atoms with Gasteiger partial charge in [0.1, 0.15) is 10.7 Å². The average molecular weight is 292 g/mol. The van der Waals surface area contributed by atoms with E-state index in [1.165, 1.54) is 25.8 Å². The highest BCUT2D eigenvalue weighted by atomic mass is 32.1. The van der Waals surface area contributed by atoms with E-state index in [-0.39, 0.29) is 0 Å². The van der Waals surface area contributed by atoms with E-state index in [4.69, 9.17) is 22.7 Å². The van der Waals surface area contributed by atoms with Crippen LogP contribution in [0.1, 0.15) is 38.2 Å². The van der Waals surface area contributed by atoms with Gasteiger partial charge in [0.05, 0.1) is 6.61 Å². The molecule has 1 aromatic rings. The Balaban J connectivity index is 1.68. The zero-order valence-corrected chi connectivity index (χ0v) is 13.0. The van der Waals surface area contributed by atoms with Crippen molar-refractivity contribution in [2.45, 2.75) is 38.6 Å². The van der Waals surface area contributed by atoms with E-state index in [9.17, 15) is 0 Å². The molecule has 110 valence electrons. The topological polar surface area (TPSA) is 38.5 Å². The van der Waals surface area contributed by atoms with Crippen LogP contribution in [0.5, 0.6) is 5.75 Å². The third kappa shape index (κ3) is 4.76. The number of nitrogens with two attached hydrogens (primary N) is 1. The Labute approximate surface area is 127 Å². The third-order valence-corrected chi connectivity index (χ3v) is 3.81. The number of hydrogen-bond acceptors (Lipinski definition) is 3. The standard InChI is InChI=1S/C16H24N2OS/c1-2-10-18(14-6-7-14)11-3-12-19-15-8-4-13(5-9-15)16(17)20/h4-5,8-9,14H,2-3,6-7,10-12H2,1H3,(H2,17,20). The van der Waals surface area contributed by atoms with Gasteiger partial charge in [-0.05, 0) is 56.5 Å². The van der Waals surface area contributed by atoms with Crippen LogP contribution in [-0.4, -0.2) is 35.6 Å². The van der Waals surface area contributed by atoms with E-state index in [0.717, 1.165) is 36.9 Å². The Morgan fingerprint density at radius 2 is 2.00 bits per heavy atom. The summed E-state index contributed by atoms with van der Waals surface area (Å²) in [5.41, 5.74) is 6.45. The first-order valence-electron chi connectivity index (χ1n) is 7.47. The second kappa shape index (κ2) is 7.60. The molecular formula is C16H24N2OS. The predicted molar refractivity (Wildman–Crippen MR) is 87.3 cm³/mol. The van der Waals surface area contributed by atoms with Crippen molar-refractivity contribution >= 4 is 17.2 Å². The first-order chi connectivity index (χ1) is 9.70. The Bertz CT molecular complexity index is 429. The van der Waals surface area contributed by atoms with E-state index in [0.29, 0.717) is 4.99 Å². The first-order valence-corrected chi connectivity index (χ1v) is 7.88. The quantitative estimate of drug-likeness (QED) is 0.561. The van der Waals surface area contributed by atoms with Crippen molar-refractivity contribution in [1.82, 2.24) is 4.90 Å². The van der Waals surface area contributed by atoms with Crippen LogP contribution in [0.15, 0.2) is 24.3 Å². The highest BCUT2D eigenvalue weighted by Crippen LogP contribution is 2.26. The largest absolute Gasteiger partial charge is 0.494 e. The van der Waals surface area contributed by atoms with Crippen molar-refractivity contribution in [2.24, 2.45) is 5.73 Å². The molecule has 2 rings (SSSR count). The summed E-state index contributed by atoms with van der Waals surface area (Å²) >= 11 is 4.93. The second-order valence-electron chi connectivity index (χ2n) is 5.36. The van der Waals surface area contributed by atoms with Gasteiger partial charge in [-0.15, -0.1) is 0 Å². The molecule has 0 saturated heterocycles. The minimum atomic E-state index is 0.427. The van der Waals surface area contributed by atoms with Gasteiger partial charge in [0, 0.05) is 18.2 Å². The summed E-state index contributed by atoms with van der Waals surface area (Å²) in [6.07, 6.45) is 5.06. The lowest BCUT2D eigenvalue weighted by atomic mass is 10.2. The minimum Gasteiger partial charge on any atom is -0.494 e. The molecule has 0 amide bonds. The van der Waals surface area contributed by atoms with Crippen molar-refractivity contribution in [3.05, 3.63) is 29.8 Å². The normalized spacial score (nSPS) is 14.5. The van der Waals surface area contributed by atoms with Crippen LogP contribution in [-0.2, 0) is 0 Å². The Kier molecular flexibility index (Phi) is 5.80. The van der Waals surface area contributed by atoms with Gasteiger partial charge in [-0.1, -0.05) is 19.1 Å². The molecule has 2 N–H and O–H groups in total. The SMILES string of the molecule is CCCN(CCCOc1ccc(C(N)=S)cc1)C1CC1. The van der Waals surface area contributed by atoms with Gasteiger partial charge in [-0.2, -0.15) is 0 Å². The van der Waals surface area contributed by atoms with Crippen LogP contribution in [0.25, 0.3) is 0 Å². The summed E-state index contributed by atoms with van der Waals surface area (Å²) in [6.45, 7) is 5.37. The van der Waals surface area contributed by atoms with Crippen LogP contribution in [0.2, 0.25) is 0 Å². The minimum absolute atomic E-state index is 0.427. The number of hydrogen-bond donors (Lipinski definition) is 1. The summed E-state index contributed by atoms with van der Waals surface area (Å²) in [5, 5.41) is 0. The molecule has 0 bridgehead atoms. The number of nitrogens with zero attached hydrogens (tertiary/aromatic N) is 1. The van der Waals surface area contributed by atoms with E-state index in [2.05, 4.69) is 11.8 Å². The maximum atomic E-state index is 5.76. The van der Waals surface area contributed by atoms with E-state index < -0.39 is 0 Å². The maximum Gasteiger partial charge on any atom is 0.119 e. The van der Waals surface area contributed by atoms with Crippen molar-refractivity contribution in [3.63, 3.8) is 0 Å². The van der Waals surface area contributed by atoms with Crippen LogP contribution in [0.3, 0.4) is 0 Å². The molecule has 0 radical (unpaired) electrons. The molecule has 1 aliphatic carbocycles. The first kappa shape index (κ1) is 15.3. The summed E-state index contributed by atoms with van der Waals surface area (Å²) in [5.74, 6) is 0.887. The monoisotopic (exact) mass is 292 g/mol. The van der Waals surface area contributed by atoms with Crippen molar-refractivity contribution in [3.8, 4) is 5.75 Å². The van der Waals surface area contributed by atoms with Gasteiger partial charge in [-0.25, -0.2) is 0 Å². The summed E-state index contributed by atoms with van der Waals surface area (Å²) in [6, 6.07) is 8.52. The van der Waals surface area contributed by atoms with Crippen LogP contribution < -0.4 is 10.5 Å². The fraction of sp³-hybridized carbons (Fsp3) is 0.562. The van der Waals surface area contributed by atoms with Crippen molar-refractivity contribution in [2.75, 3.05) is 19.7 Å². The van der Waals surface area contributed by atoms with Gasteiger partial charge in [0.25, 0.3) is 0 Å². The molecule has 1 aromatic carbocycles. The van der Waals surface area contributed by atoms with Crippen LogP contribution in [0, 0.1) is 0 Å². The fourth-order valence-electron chi connectivity index (χ4n) is 2.38. The van der Waals surface area contributed by atoms with Gasteiger partial charge in [0.15, 0.2) is 0 Å². The van der Waals surface area contributed by atoms with Gasteiger partial charge in [0.2, 0.25) is 0 Å². The summed E-state index contributed by atoms with van der Waals surface area (Å²) in [7, 11) is 0. The van der Waals surface area contributed by atoms with Gasteiger partial charge < -0.3 is 15.4 Å². The lowest BCUT2D eigenvalue weighted by molar-refractivity contribution is 0.227. The summed E-state index contributed by atoms with van der Waals surface area (Å²) < 4.78 is 5.76. The highest BCUT2D eigenvalue weighted by molar-refractivity contribution is 7.80. The Morgan fingerprint density at radius 1 is 1.30 bits per heavy atom. The fourth-order valence-corrected chi connectivity index (χ4v) is 2.51. The van der Waals surface area contributed by atoms with E-state index in [1.807, 2.05) is 24.3 Å². The zero-order chi connectivity index (χ0) is 14.4. The summed E-state index contributed by atoms with van der Waals surface area (Å²) in [4.78, 5) is 3.02. The molecule has 3 nitrogen and oxygen atoms in total. The Morgan fingerprint density at radius 3 is 2.55 bits per heavy atom. The molecule has 0 unspecified atom stereocenters. The van der Waals surface area contributed by atoms with Gasteiger partial charge >= 0.3 is 0 Å². The lowest BCUT2D eigenvalue weighted by Crippen LogP contribution is -2.28. The second-order valence-corrected chi connectivity index (χ2v) is 5.80. The molecule has 4 heteroatoms. The molecule has 0 aliphatic heterocycles. The number of rotatable bonds is 9. The molecule has 1 fully saturated rings. The average Bonchev–Trinajstić information content (AvgIpc) is 3.27. The van der Waals surface area contributed by atoms with Crippen molar-refractivity contribution in [1.29, 1.82) is 0 Å². The maximum absolute atomic E-state index is 5.76. The molecule has 20 heavy (non-hydrogen) atoms. The molecule has 0 heterocycles. The van der Waals surface area contributed by atoms with Gasteiger partial charge in [-0.3, -0.25) is 0 Å². The molecule has 0 spiro atoms. The van der Waals surface area contributed by atoms with E-state index >= 15 is 0 Å². The van der Waals surface area contributed by atoms with E-state index in [1.54, 1.807) is 0 Å². The Hall–Kier alpha value is -1.13. The number of thiocarbonyl (C=S) groups is 1. The van der Waals surface area contributed by atoms with Crippen LogP contribution in [0.4, 0.5) is 0 Å². The molecule has 1 aliphatic rings. The molecule has 0 atom stereocenters. The number of benzene rings is 1. The number of ether oxygens (including phenoxy) is 1. The zero-order valence-electron chi connectivity index (χ0n) is 12.2. The third-order valence-electron chi connectivity index (χ3n) is 3.57. The molecule has 0 aromatic heterocycles. The predicted octanol–water partition coefficient (Wildman–Crippen LogP) is 2.96.